The van der Waals surface area contributed by atoms with E-state index in [1.165, 1.54) is 58.3 Å². The summed E-state index contributed by atoms with van der Waals surface area (Å²) in [5.74, 6) is 2.69. The monoisotopic (exact) mass is 237 g/mol. The molecule has 98 valence electrons. The van der Waals surface area contributed by atoms with E-state index in [9.17, 15) is 0 Å². The molecule has 0 aromatic carbocycles. The fourth-order valence-electron chi connectivity index (χ4n) is 4.28. The molecule has 2 aliphatic heterocycles. The molecular formula is C14H27N3. The van der Waals surface area contributed by atoms with Crippen LogP contribution in [0.15, 0.2) is 0 Å². The van der Waals surface area contributed by atoms with Crippen molar-refractivity contribution in [2.45, 2.75) is 38.1 Å². The number of nitrogens with one attached hydrogen (secondary N) is 1. The lowest BCUT2D eigenvalue weighted by Gasteiger charge is -2.33. The highest BCUT2D eigenvalue weighted by molar-refractivity contribution is 4.95. The van der Waals surface area contributed by atoms with E-state index < -0.39 is 0 Å². The minimum Gasteiger partial charge on any atom is -0.330 e. The minimum absolute atomic E-state index is 0.814. The van der Waals surface area contributed by atoms with Crippen molar-refractivity contribution >= 4 is 0 Å². The van der Waals surface area contributed by atoms with Gasteiger partial charge < -0.3 is 11.1 Å². The lowest BCUT2D eigenvalue weighted by Crippen LogP contribution is -2.39. The fraction of sp³-hybridized carbons (Fsp3) is 1.00. The molecule has 3 nitrogen and oxygen atoms in total. The van der Waals surface area contributed by atoms with Crippen molar-refractivity contribution in [1.29, 1.82) is 0 Å². The zero-order chi connectivity index (χ0) is 11.7. The van der Waals surface area contributed by atoms with Gasteiger partial charge in [-0.15, -0.1) is 0 Å². The van der Waals surface area contributed by atoms with Crippen LogP contribution >= 0.6 is 0 Å². The van der Waals surface area contributed by atoms with Crippen molar-refractivity contribution in [2.75, 3.05) is 32.7 Å². The van der Waals surface area contributed by atoms with E-state index in [-0.39, 0.29) is 0 Å². The second-order valence-corrected chi connectivity index (χ2v) is 6.40. The molecule has 1 aliphatic carbocycles. The molecule has 3 fully saturated rings. The molecule has 3 N–H and O–H groups in total. The third-order valence-electron chi connectivity index (χ3n) is 5.28. The standard InChI is InChI=1S/C14H27N3/c15-7-11-2-1-3-12(6-11)10-17-5-4-13-8-16-9-14(13)17/h11-14,16H,1-10,15H2/t11-,12+,13-,14+/m1/s1. The van der Waals surface area contributed by atoms with Crippen LogP contribution in [0.1, 0.15) is 32.1 Å². The average Bonchev–Trinajstić information content (AvgIpc) is 2.94. The second-order valence-electron chi connectivity index (χ2n) is 6.40. The first-order valence-corrected chi connectivity index (χ1v) is 7.51. The van der Waals surface area contributed by atoms with E-state index in [4.69, 9.17) is 5.73 Å². The summed E-state index contributed by atoms with van der Waals surface area (Å²) < 4.78 is 0. The predicted octanol–water partition coefficient (Wildman–Crippen LogP) is 1.05. The molecule has 4 atom stereocenters. The summed E-state index contributed by atoms with van der Waals surface area (Å²) in [5.41, 5.74) is 5.84. The molecule has 3 heteroatoms. The lowest BCUT2D eigenvalue weighted by atomic mass is 9.81. The van der Waals surface area contributed by atoms with Crippen LogP contribution in [0.3, 0.4) is 0 Å². The van der Waals surface area contributed by atoms with Crippen LogP contribution in [0.5, 0.6) is 0 Å². The van der Waals surface area contributed by atoms with Gasteiger partial charge in [-0.25, -0.2) is 0 Å². The highest BCUT2D eigenvalue weighted by atomic mass is 15.2. The maximum absolute atomic E-state index is 5.84. The second kappa shape index (κ2) is 5.25. The molecule has 0 spiro atoms. The summed E-state index contributed by atoms with van der Waals surface area (Å²) >= 11 is 0. The Morgan fingerprint density at radius 3 is 2.88 bits per heavy atom. The Morgan fingerprint density at radius 1 is 1.12 bits per heavy atom. The van der Waals surface area contributed by atoms with E-state index in [1.807, 2.05) is 0 Å². The van der Waals surface area contributed by atoms with Crippen LogP contribution in [0.25, 0.3) is 0 Å². The molecular weight excluding hydrogens is 210 g/mol. The van der Waals surface area contributed by atoms with Gasteiger partial charge in [-0.2, -0.15) is 0 Å². The number of fused-ring (bicyclic) bond motifs is 1. The summed E-state index contributed by atoms with van der Waals surface area (Å²) in [6.07, 6.45) is 7.04. The molecule has 2 heterocycles. The molecule has 0 bridgehead atoms. The van der Waals surface area contributed by atoms with Crippen molar-refractivity contribution in [3.05, 3.63) is 0 Å². The Bertz CT molecular complexity index is 256. The first-order chi connectivity index (χ1) is 8.36. The van der Waals surface area contributed by atoms with E-state index in [0.29, 0.717) is 0 Å². The highest BCUT2D eigenvalue weighted by Gasteiger charge is 2.38. The van der Waals surface area contributed by atoms with Gasteiger partial charge in [0, 0.05) is 19.1 Å². The van der Waals surface area contributed by atoms with Crippen LogP contribution in [0.2, 0.25) is 0 Å². The van der Waals surface area contributed by atoms with Gasteiger partial charge in [0.2, 0.25) is 0 Å². The van der Waals surface area contributed by atoms with E-state index >= 15 is 0 Å². The number of nitrogens with zero attached hydrogens (tertiary/aromatic N) is 1. The first kappa shape index (κ1) is 11.9. The average molecular weight is 237 g/mol. The van der Waals surface area contributed by atoms with E-state index in [0.717, 1.165) is 30.3 Å². The highest BCUT2D eigenvalue weighted by Crippen LogP contribution is 2.33. The van der Waals surface area contributed by atoms with Gasteiger partial charge in [-0.1, -0.05) is 6.42 Å². The molecule has 0 unspecified atom stereocenters. The summed E-state index contributed by atoms with van der Waals surface area (Å²) in [6.45, 7) is 6.10. The van der Waals surface area contributed by atoms with E-state index in [2.05, 4.69) is 10.2 Å². The van der Waals surface area contributed by atoms with E-state index in [1.54, 1.807) is 0 Å². The van der Waals surface area contributed by atoms with Crippen molar-refractivity contribution in [2.24, 2.45) is 23.5 Å². The molecule has 17 heavy (non-hydrogen) atoms. The lowest BCUT2D eigenvalue weighted by molar-refractivity contribution is 0.166. The zero-order valence-corrected chi connectivity index (χ0v) is 10.9. The maximum Gasteiger partial charge on any atom is 0.0261 e. The summed E-state index contributed by atoms with van der Waals surface area (Å²) in [4.78, 5) is 2.77. The number of hydrogen-bond acceptors (Lipinski definition) is 3. The largest absolute Gasteiger partial charge is 0.330 e. The normalized spacial score (nSPS) is 42.9. The number of hydrogen-bond donors (Lipinski definition) is 2. The van der Waals surface area contributed by atoms with Crippen molar-refractivity contribution < 1.29 is 0 Å². The van der Waals surface area contributed by atoms with Crippen LogP contribution in [-0.4, -0.2) is 43.7 Å². The molecule has 0 aromatic heterocycles. The quantitative estimate of drug-likeness (QED) is 0.771. The van der Waals surface area contributed by atoms with Gasteiger partial charge in [0.1, 0.15) is 0 Å². The third kappa shape index (κ3) is 2.51. The predicted molar refractivity (Wildman–Crippen MR) is 70.8 cm³/mol. The third-order valence-corrected chi connectivity index (χ3v) is 5.28. The molecule has 0 radical (unpaired) electrons. The molecule has 0 amide bonds. The van der Waals surface area contributed by atoms with Crippen LogP contribution in [0.4, 0.5) is 0 Å². The minimum atomic E-state index is 0.814. The van der Waals surface area contributed by atoms with Gasteiger partial charge in [0.25, 0.3) is 0 Å². The first-order valence-electron chi connectivity index (χ1n) is 7.51. The van der Waals surface area contributed by atoms with Crippen molar-refractivity contribution in [3.63, 3.8) is 0 Å². The molecule has 3 rings (SSSR count). The topological polar surface area (TPSA) is 41.3 Å². The Labute approximate surface area is 105 Å². The zero-order valence-electron chi connectivity index (χ0n) is 10.9. The van der Waals surface area contributed by atoms with Gasteiger partial charge >= 0.3 is 0 Å². The maximum atomic E-state index is 5.84. The fourth-order valence-corrected chi connectivity index (χ4v) is 4.28. The molecule has 0 aromatic rings. The van der Waals surface area contributed by atoms with Crippen molar-refractivity contribution in [3.8, 4) is 0 Å². The van der Waals surface area contributed by atoms with Gasteiger partial charge in [-0.3, -0.25) is 4.90 Å². The summed E-state index contributed by atoms with van der Waals surface area (Å²) in [7, 11) is 0. The molecule has 3 aliphatic rings. The molecule has 2 saturated heterocycles. The van der Waals surface area contributed by atoms with Gasteiger partial charge in [0.15, 0.2) is 0 Å². The SMILES string of the molecule is NC[C@@H]1CCC[C@H](CN2CC[C@@H]3CNC[C@@H]32)C1. The van der Waals surface area contributed by atoms with Crippen LogP contribution < -0.4 is 11.1 Å². The Kier molecular flexibility index (Phi) is 3.69. The summed E-state index contributed by atoms with van der Waals surface area (Å²) in [6, 6.07) is 0.855. The van der Waals surface area contributed by atoms with Crippen LogP contribution in [-0.2, 0) is 0 Å². The smallest absolute Gasteiger partial charge is 0.0261 e. The van der Waals surface area contributed by atoms with Gasteiger partial charge in [-0.05, 0) is 63.1 Å². The Balaban J connectivity index is 1.52. The number of rotatable bonds is 3. The molecule has 1 saturated carbocycles. The Morgan fingerprint density at radius 2 is 2.00 bits per heavy atom. The van der Waals surface area contributed by atoms with Crippen molar-refractivity contribution in [1.82, 2.24) is 10.2 Å². The Hall–Kier alpha value is -0.120. The number of nitrogens with two attached hydrogens (primary N) is 1. The van der Waals surface area contributed by atoms with Crippen LogP contribution in [0, 0.1) is 17.8 Å². The summed E-state index contributed by atoms with van der Waals surface area (Å²) in [5, 5.41) is 3.55. The van der Waals surface area contributed by atoms with Gasteiger partial charge in [0.05, 0.1) is 0 Å². The number of likely N-dealkylation sites (tertiary alicyclic amines) is 1.